The van der Waals surface area contributed by atoms with E-state index in [1.807, 2.05) is 0 Å². The number of carbonyl (C=O) groups excluding carboxylic acids is 1. The molecule has 0 aliphatic carbocycles. The minimum Gasteiger partial charge on any atom is -1.00 e. The van der Waals surface area contributed by atoms with Gasteiger partial charge in [-0.3, -0.25) is 9.10 Å². The number of carboxylic acids is 1. The van der Waals surface area contributed by atoms with Crippen molar-refractivity contribution in [2.45, 2.75) is 6.92 Å². The zero-order chi connectivity index (χ0) is 10.7. The van der Waals surface area contributed by atoms with E-state index in [-0.39, 0.29) is 52.1 Å². The summed E-state index contributed by atoms with van der Waals surface area (Å²) in [6, 6.07) is 5.89. The molecule has 0 fully saturated rings. The van der Waals surface area contributed by atoms with Gasteiger partial charge in [0.25, 0.3) is 0 Å². The van der Waals surface area contributed by atoms with Crippen LogP contribution < -0.4 is 4.31 Å². The van der Waals surface area contributed by atoms with E-state index >= 15 is 0 Å². The SMILES string of the molecule is CC(=O)N(S)c1ccc(C(=O)O)cc1.[Ca+2].[H-].[H-]. The Labute approximate surface area is 126 Å². The number of anilines is 1. The van der Waals surface area contributed by atoms with Crippen LogP contribution in [0.4, 0.5) is 5.69 Å². The molecule has 1 amide bonds. The van der Waals surface area contributed by atoms with Crippen molar-refractivity contribution in [2.75, 3.05) is 4.31 Å². The fourth-order valence-electron chi connectivity index (χ4n) is 0.927. The van der Waals surface area contributed by atoms with E-state index in [4.69, 9.17) is 5.11 Å². The smallest absolute Gasteiger partial charge is 1.00 e. The van der Waals surface area contributed by atoms with E-state index in [1.54, 1.807) is 0 Å². The molecule has 0 spiro atoms. The minimum atomic E-state index is -0.995. The number of benzene rings is 1. The Balaban J connectivity index is -0.000000653. The Kier molecular flexibility index (Phi) is 6.28. The van der Waals surface area contributed by atoms with Gasteiger partial charge < -0.3 is 7.96 Å². The molecule has 6 heteroatoms. The third-order valence-corrected chi connectivity index (χ3v) is 2.17. The number of hydrogen-bond acceptors (Lipinski definition) is 3. The summed E-state index contributed by atoms with van der Waals surface area (Å²) in [5.74, 6) is -1.22. The number of aromatic carboxylic acids is 1. The standard InChI is InChI=1S/C9H9NO3S.Ca.2H/c1-6(11)10(14)8-4-2-7(3-5-8)9(12)13;;;/h2-5,14H,1H3,(H,12,13);;;/q;+2;2*-1. The average Bonchev–Trinajstić information content (AvgIpc) is 2.16. The van der Waals surface area contributed by atoms with Gasteiger partial charge in [0, 0.05) is 6.92 Å². The molecule has 1 aromatic rings. The second kappa shape index (κ2) is 6.37. The van der Waals surface area contributed by atoms with Gasteiger partial charge in [-0.15, -0.1) is 0 Å². The molecule has 0 atom stereocenters. The molecular weight excluding hydrogens is 242 g/mol. The van der Waals surface area contributed by atoms with Crippen molar-refractivity contribution in [1.82, 2.24) is 0 Å². The maximum atomic E-state index is 10.9. The first-order valence-electron chi connectivity index (χ1n) is 3.85. The van der Waals surface area contributed by atoms with Gasteiger partial charge in [0.1, 0.15) is 0 Å². The van der Waals surface area contributed by atoms with Gasteiger partial charge in [0.05, 0.1) is 11.3 Å². The molecular formula is C9H11CaNO3S. The van der Waals surface area contributed by atoms with Crippen molar-refractivity contribution < 1.29 is 17.5 Å². The van der Waals surface area contributed by atoms with Gasteiger partial charge in [-0.2, -0.15) is 0 Å². The summed E-state index contributed by atoms with van der Waals surface area (Å²) < 4.78 is 1.14. The van der Waals surface area contributed by atoms with Gasteiger partial charge in [-0.25, -0.2) is 4.79 Å². The summed E-state index contributed by atoms with van der Waals surface area (Å²) in [5.41, 5.74) is 0.727. The summed E-state index contributed by atoms with van der Waals surface area (Å²) in [4.78, 5) is 21.4. The minimum absolute atomic E-state index is 0. The second-order valence-electron chi connectivity index (χ2n) is 2.68. The van der Waals surface area contributed by atoms with Crippen LogP contribution in [-0.2, 0) is 4.79 Å². The van der Waals surface area contributed by atoms with Crippen LogP contribution >= 0.6 is 12.8 Å². The Morgan fingerprint density at radius 1 is 1.33 bits per heavy atom. The summed E-state index contributed by atoms with van der Waals surface area (Å²) in [5, 5.41) is 8.62. The number of rotatable bonds is 2. The van der Waals surface area contributed by atoms with Gasteiger partial charge in [-0.05, 0) is 24.3 Å². The Bertz CT molecular complexity index is 375. The molecule has 78 valence electrons. The molecule has 0 bridgehead atoms. The van der Waals surface area contributed by atoms with E-state index < -0.39 is 5.97 Å². The Morgan fingerprint density at radius 2 is 1.80 bits per heavy atom. The fraction of sp³-hybridized carbons (Fsp3) is 0.111. The fourth-order valence-corrected chi connectivity index (χ4v) is 1.06. The molecule has 1 rings (SSSR count). The third kappa shape index (κ3) is 4.02. The van der Waals surface area contributed by atoms with Crippen LogP contribution in [0.3, 0.4) is 0 Å². The predicted molar refractivity (Wildman–Crippen MR) is 63.5 cm³/mol. The van der Waals surface area contributed by atoms with Crippen LogP contribution in [-0.4, -0.2) is 54.7 Å². The van der Waals surface area contributed by atoms with Crippen molar-refractivity contribution in [2.24, 2.45) is 0 Å². The monoisotopic (exact) mass is 253 g/mol. The van der Waals surface area contributed by atoms with Crippen molar-refractivity contribution >= 4 is 68.1 Å². The molecule has 1 aromatic carbocycles. The van der Waals surface area contributed by atoms with Gasteiger partial charge in [-0.1, -0.05) is 12.8 Å². The number of nitrogens with zero attached hydrogens (tertiary/aromatic N) is 1. The van der Waals surface area contributed by atoms with Crippen LogP contribution in [0.5, 0.6) is 0 Å². The number of amides is 1. The van der Waals surface area contributed by atoms with E-state index in [1.165, 1.54) is 31.2 Å². The Hall–Kier alpha value is -0.230. The maximum Gasteiger partial charge on any atom is 2.00 e. The largest absolute Gasteiger partial charge is 2.00 e. The van der Waals surface area contributed by atoms with Gasteiger partial charge in [0.15, 0.2) is 0 Å². The molecule has 15 heavy (non-hydrogen) atoms. The number of carboxylic acid groups (broad SMARTS) is 1. The first kappa shape index (κ1) is 14.8. The Morgan fingerprint density at radius 3 is 2.13 bits per heavy atom. The van der Waals surface area contributed by atoms with Crippen LogP contribution in [0.1, 0.15) is 20.1 Å². The molecule has 0 heterocycles. The molecule has 0 unspecified atom stereocenters. The van der Waals surface area contributed by atoms with Crippen LogP contribution in [0, 0.1) is 0 Å². The summed E-state index contributed by atoms with van der Waals surface area (Å²) in [7, 11) is 0. The predicted octanol–water partition coefficient (Wildman–Crippen LogP) is 1.43. The van der Waals surface area contributed by atoms with Crippen molar-refractivity contribution in [1.29, 1.82) is 0 Å². The van der Waals surface area contributed by atoms with Gasteiger partial charge in [0.2, 0.25) is 5.91 Å². The van der Waals surface area contributed by atoms with E-state index in [2.05, 4.69) is 12.8 Å². The first-order valence-corrected chi connectivity index (χ1v) is 4.25. The number of thiol groups is 1. The summed E-state index contributed by atoms with van der Waals surface area (Å²) >= 11 is 3.94. The van der Waals surface area contributed by atoms with Crippen molar-refractivity contribution in [3.05, 3.63) is 29.8 Å². The first-order chi connectivity index (χ1) is 6.52. The molecule has 4 nitrogen and oxygen atoms in total. The molecule has 0 aliphatic rings. The third-order valence-electron chi connectivity index (χ3n) is 1.66. The maximum absolute atomic E-state index is 10.9. The van der Waals surface area contributed by atoms with E-state index in [9.17, 15) is 9.59 Å². The number of hydrogen-bond donors (Lipinski definition) is 2. The zero-order valence-electron chi connectivity index (χ0n) is 10.2. The van der Waals surface area contributed by atoms with Crippen LogP contribution in [0.2, 0.25) is 0 Å². The normalized spacial score (nSPS) is 8.93. The average molecular weight is 253 g/mol. The topological polar surface area (TPSA) is 57.6 Å². The molecule has 0 aromatic heterocycles. The van der Waals surface area contributed by atoms with Crippen LogP contribution in [0.15, 0.2) is 24.3 Å². The van der Waals surface area contributed by atoms with Crippen molar-refractivity contribution in [3.63, 3.8) is 0 Å². The van der Waals surface area contributed by atoms with E-state index in [0.717, 1.165) is 4.31 Å². The number of carbonyl (C=O) groups is 2. The zero-order valence-corrected chi connectivity index (χ0v) is 11.3. The quantitative estimate of drug-likeness (QED) is 0.619. The van der Waals surface area contributed by atoms with E-state index in [0.29, 0.717) is 5.69 Å². The molecule has 0 saturated carbocycles. The molecule has 0 aliphatic heterocycles. The molecule has 1 N–H and O–H groups in total. The summed E-state index contributed by atoms with van der Waals surface area (Å²) in [6.07, 6.45) is 0. The van der Waals surface area contributed by atoms with Gasteiger partial charge >= 0.3 is 43.7 Å². The van der Waals surface area contributed by atoms with Crippen molar-refractivity contribution in [3.8, 4) is 0 Å². The van der Waals surface area contributed by atoms with Crippen LogP contribution in [0.25, 0.3) is 0 Å². The molecule has 0 saturated heterocycles. The summed E-state index contributed by atoms with van der Waals surface area (Å²) in [6.45, 7) is 1.37. The second-order valence-corrected chi connectivity index (χ2v) is 3.08. The molecule has 0 radical (unpaired) electrons.